The maximum absolute atomic E-state index is 10.8. The summed E-state index contributed by atoms with van der Waals surface area (Å²) in [6.45, 7) is 4.30. The Morgan fingerprint density at radius 2 is 1.83 bits per heavy atom. The van der Waals surface area contributed by atoms with Crippen molar-refractivity contribution in [2.75, 3.05) is 0 Å². The van der Waals surface area contributed by atoms with Gasteiger partial charge < -0.3 is 0 Å². The average molecular weight is 269 g/mol. The summed E-state index contributed by atoms with van der Waals surface area (Å²) >= 11 is 0. The van der Waals surface area contributed by atoms with Crippen LogP contribution in [0.3, 0.4) is 0 Å². The third-order valence-electron chi connectivity index (χ3n) is 2.99. The number of unbranched alkanes of at least 4 members (excludes halogenated alkanes) is 2. The van der Waals surface area contributed by atoms with Crippen LogP contribution in [0.25, 0.3) is 0 Å². The first-order chi connectivity index (χ1) is 8.69. The van der Waals surface area contributed by atoms with E-state index in [2.05, 4.69) is 19.9 Å². The Kier molecular flexibility index (Phi) is 6.92. The lowest BCUT2D eigenvalue weighted by Gasteiger charge is -2.10. The molecule has 0 aliphatic rings. The fraction of sp³-hybridized carbons (Fsp3) is 0.571. The molecule has 0 saturated carbocycles. The van der Waals surface area contributed by atoms with Gasteiger partial charge in [0.2, 0.25) is 0 Å². The molecule has 0 aliphatic carbocycles. The van der Waals surface area contributed by atoms with Crippen LogP contribution in [0.2, 0.25) is 0 Å². The summed E-state index contributed by atoms with van der Waals surface area (Å²) in [5, 5.41) is 0. The molecule has 0 bridgehead atoms. The van der Waals surface area contributed by atoms with Crippen molar-refractivity contribution in [1.82, 2.24) is 0 Å². The van der Waals surface area contributed by atoms with Gasteiger partial charge in [-0.2, -0.15) is 0 Å². The van der Waals surface area contributed by atoms with Gasteiger partial charge in [-0.05, 0) is 37.3 Å². The maximum atomic E-state index is 10.8. The Labute approximate surface area is 110 Å². The third-order valence-corrected chi connectivity index (χ3v) is 3.34. The van der Waals surface area contributed by atoms with Crippen molar-refractivity contribution in [1.29, 1.82) is 0 Å². The molecular weight excluding hydrogens is 247 g/mol. The van der Waals surface area contributed by atoms with Crippen molar-refractivity contribution in [3.8, 4) is 5.75 Å². The monoisotopic (exact) mass is 269 g/mol. The molecule has 0 saturated heterocycles. The molecule has 0 fully saturated rings. The van der Waals surface area contributed by atoms with Gasteiger partial charge in [0.1, 0.15) is 0 Å². The smallest absolute Gasteiger partial charge is 0.229 e. The molecule has 1 rings (SSSR count). The number of hydrogen-bond acceptors (Lipinski definition) is 2. The first-order valence-electron chi connectivity index (χ1n) is 6.63. The summed E-state index contributed by atoms with van der Waals surface area (Å²) in [4.78, 5) is 8.91. The lowest BCUT2D eigenvalue weighted by atomic mass is 9.97. The van der Waals surface area contributed by atoms with E-state index in [1.54, 1.807) is 6.07 Å². The minimum atomic E-state index is -2.58. The Balaban J connectivity index is 2.95. The highest BCUT2D eigenvalue weighted by molar-refractivity contribution is 7.32. The predicted molar refractivity (Wildman–Crippen MR) is 74.1 cm³/mol. The molecule has 100 valence electrons. The first-order valence-corrected chi connectivity index (χ1v) is 7.76. The SMILES string of the molecule is CCCCc1cccc(O[P+](=O)O)c1CCCC. The van der Waals surface area contributed by atoms with Crippen LogP contribution in [-0.2, 0) is 17.4 Å². The quantitative estimate of drug-likeness (QED) is 0.711. The Morgan fingerprint density at radius 1 is 1.17 bits per heavy atom. The van der Waals surface area contributed by atoms with Gasteiger partial charge >= 0.3 is 8.25 Å². The number of benzene rings is 1. The van der Waals surface area contributed by atoms with E-state index < -0.39 is 8.25 Å². The molecule has 0 spiro atoms. The maximum Gasteiger partial charge on any atom is 0.747 e. The zero-order valence-electron chi connectivity index (χ0n) is 11.2. The minimum absolute atomic E-state index is 0.570. The van der Waals surface area contributed by atoms with E-state index >= 15 is 0 Å². The van der Waals surface area contributed by atoms with Gasteiger partial charge in [-0.3, -0.25) is 0 Å². The Morgan fingerprint density at radius 3 is 2.44 bits per heavy atom. The summed E-state index contributed by atoms with van der Waals surface area (Å²) in [7, 11) is -2.58. The van der Waals surface area contributed by atoms with Gasteiger partial charge in [0.05, 0.1) is 0 Å². The molecule has 0 heterocycles. The second-order valence-electron chi connectivity index (χ2n) is 4.43. The molecule has 1 unspecified atom stereocenters. The van der Waals surface area contributed by atoms with Crippen molar-refractivity contribution in [2.24, 2.45) is 0 Å². The number of hydrogen-bond donors (Lipinski definition) is 1. The summed E-state index contributed by atoms with van der Waals surface area (Å²) in [6, 6.07) is 5.77. The van der Waals surface area contributed by atoms with Crippen LogP contribution in [0.1, 0.15) is 50.7 Å². The van der Waals surface area contributed by atoms with E-state index in [0.29, 0.717) is 5.75 Å². The predicted octanol–water partition coefficient (Wildman–Crippen LogP) is 4.40. The molecule has 3 nitrogen and oxygen atoms in total. The number of aryl methyl sites for hydroxylation is 1. The Hall–Kier alpha value is -0.920. The van der Waals surface area contributed by atoms with Crippen LogP contribution in [0.15, 0.2) is 18.2 Å². The third kappa shape index (κ3) is 4.75. The molecule has 1 atom stereocenters. The van der Waals surface area contributed by atoms with Crippen molar-refractivity contribution >= 4 is 8.25 Å². The molecule has 18 heavy (non-hydrogen) atoms. The van der Waals surface area contributed by atoms with Gasteiger partial charge in [-0.15, -0.1) is 4.89 Å². The fourth-order valence-electron chi connectivity index (χ4n) is 2.02. The zero-order chi connectivity index (χ0) is 13.4. The largest absolute Gasteiger partial charge is 0.747 e. The molecule has 0 aliphatic heterocycles. The fourth-order valence-corrected chi connectivity index (χ4v) is 2.36. The van der Waals surface area contributed by atoms with Crippen LogP contribution >= 0.6 is 8.25 Å². The molecular formula is C14H22O3P+. The molecule has 1 N–H and O–H groups in total. The van der Waals surface area contributed by atoms with E-state index in [9.17, 15) is 4.57 Å². The highest BCUT2D eigenvalue weighted by atomic mass is 31.1. The molecule has 0 radical (unpaired) electrons. The van der Waals surface area contributed by atoms with E-state index in [-0.39, 0.29) is 0 Å². The average Bonchev–Trinajstić information content (AvgIpc) is 2.34. The van der Waals surface area contributed by atoms with Crippen LogP contribution in [-0.4, -0.2) is 4.89 Å². The zero-order valence-corrected chi connectivity index (χ0v) is 12.1. The summed E-state index contributed by atoms with van der Waals surface area (Å²) in [6.07, 6.45) is 6.37. The molecule has 4 heteroatoms. The van der Waals surface area contributed by atoms with Crippen molar-refractivity contribution in [3.63, 3.8) is 0 Å². The van der Waals surface area contributed by atoms with Gasteiger partial charge in [0, 0.05) is 10.1 Å². The molecule has 1 aromatic rings. The van der Waals surface area contributed by atoms with E-state index in [1.165, 1.54) is 5.56 Å². The Bertz CT molecular complexity index is 391. The lowest BCUT2D eigenvalue weighted by molar-refractivity contribution is 0.408. The van der Waals surface area contributed by atoms with Crippen LogP contribution in [0.4, 0.5) is 0 Å². The standard InChI is InChI=1S/C14H21O3P/c1-3-5-8-12-9-7-11-14(17-18(15)16)13(12)10-6-4-2/h7,9,11H,3-6,8,10H2,1-2H3/p+1. The van der Waals surface area contributed by atoms with E-state index in [4.69, 9.17) is 9.42 Å². The van der Waals surface area contributed by atoms with Crippen molar-refractivity contribution in [3.05, 3.63) is 29.3 Å². The first kappa shape index (κ1) is 15.1. The van der Waals surface area contributed by atoms with Gasteiger partial charge in [-0.25, -0.2) is 4.52 Å². The van der Waals surface area contributed by atoms with Gasteiger partial charge in [-0.1, -0.05) is 38.8 Å². The van der Waals surface area contributed by atoms with E-state index in [1.807, 2.05) is 6.07 Å². The molecule has 0 amide bonds. The van der Waals surface area contributed by atoms with Gasteiger partial charge in [0.15, 0.2) is 5.75 Å². The van der Waals surface area contributed by atoms with Crippen molar-refractivity contribution in [2.45, 2.75) is 52.4 Å². The van der Waals surface area contributed by atoms with Gasteiger partial charge in [0.25, 0.3) is 0 Å². The van der Waals surface area contributed by atoms with Crippen LogP contribution < -0.4 is 4.52 Å². The highest BCUT2D eigenvalue weighted by Gasteiger charge is 2.19. The van der Waals surface area contributed by atoms with Crippen LogP contribution in [0, 0.1) is 0 Å². The molecule has 1 aromatic carbocycles. The lowest BCUT2D eigenvalue weighted by Crippen LogP contribution is -1.98. The molecule has 0 aromatic heterocycles. The van der Waals surface area contributed by atoms with Crippen LogP contribution in [0.5, 0.6) is 5.75 Å². The van der Waals surface area contributed by atoms with Crippen molar-refractivity contribution < 1.29 is 14.0 Å². The normalized spacial score (nSPS) is 11.4. The summed E-state index contributed by atoms with van der Waals surface area (Å²) < 4.78 is 15.9. The second-order valence-corrected chi connectivity index (χ2v) is 5.09. The second kappa shape index (κ2) is 8.23. The van der Waals surface area contributed by atoms with E-state index in [0.717, 1.165) is 44.1 Å². The minimum Gasteiger partial charge on any atom is -0.229 e. The summed E-state index contributed by atoms with van der Waals surface area (Å²) in [5.74, 6) is 0.570. The topological polar surface area (TPSA) is 46.5 Å². The highest BCUT2D eigenvalue weighted by Crippen LogP contribution is 2.31. The summed E-state index contributed by atoms with van der Waals surface area (Å²) in [5.41, 5.74) is 2.35. The number of rotatable bonds is 8.